The summed E-state index contributed by atoms with van der Waals surface area (Å²) in [7, 11) is 0. The smallest absolute Gasteiger partial charge is 0.259 e. The first kappa shape index (κ1) is 19.3. The molecule has 4 rings (SSSR count). The van der Waals surface area contributed by atoms with Gasteiger partial charge in [-0.2, -0.15) is 5.10 Å². The number of fused-ring (bicyclic) bond motifs is 1. The summed E-state index contributed by atoms with van der Waals surface area (Å²) in [6.45, 7) is 8.39. The second-order valence-corrected chi connectivity index (χ2v) is 8.62. The molecule has 3 heterocycles. The third kappa shape index (κ3) is 4.05. The maximum absolute atomic E-state index is 13.3. The van der Waals surface area contributed by atoms with Gasteiger partial charge in [-0.05, 0) is 43.1 Å². The molecule has 1 aliphatic heterocycles. The molecule has 1 atom stereocenters. The molecule has 0 aromatic carbocycles. The molecule has 1 saturated carbocycles. The SMILES string of the molecule is CC(C)[C@@H]1CN(C(=O)c2cnn3cc(CCO)cnc23)CCCN1CC1CC1. The van der Waals surface area contributed by atoms with E-state index in [9.17, 15) is 4.79 Å². The summed E-state index contributed by atoms with van der Waals surface area (Å²) in [5.74, 6) is 1.40. The Labute approximate surface area is 166 Å². The monoisotopic (exact) mass is 385 g/mol. The van der Waals surface area contributed by atoms with E-state index >= 15 is 0 Å². The second-order valence-electron chi connectivity index (χ2n) is 8.62. The fourth-order valence-corrected chi connectivity index (χ4v) is 4.23. The standard InChI is InChI=1S/C21H31N5O2/c1-15(2)19-14-25(8-3-7-24(19)12-16-4-5-16)21(28)18-11-23-26-13-17(6-9-27)10-22-20(18)26/h10-11,13,15-16,19,27H,3-9,12,14H2,1-2H3/t19-/m0/s1. The number of aliphatic hydroxyl groups excluding tert-OH is 1. The van der Waals surface area contributed by atoms with Crippen molar-refractivity contribution in [3.05, 3.63) is 29.7 Å². The molecule has 1 aliphatic carbocycles. The molecule has 1 N–H and O–H groups in total. The largest absolute Gasteiger partial charge is 0.396 e. The number of carbonyl (C=O) groups excluding carboxylic acids is 1. The normalized spacial score (nSPS) is 21.4. The van der Waals surface area contributed by atoms with Gasteiger partial charge in [0.1, 0.15) is 5.56 Å². The third-order valence-corrected chi connectivity index (χ3v) is 6.04. The lowest BCUT2D eigenvalue weighted by molar-refractivity contribution is 0.0706. The number of nitrogens with zero attached hydrogens (tertiary/aromatic N) is 5. The summed E-state index contributed by atoms with van der Waals surface area (Å²) in [6.07, 6.45) is 9.45. The molecule has 0 bridgehead atoms. The van der Waals surface area contributed by atoms with E-state index in [1.54, 1.807) is 16.9 Å². The van der Waals surface area contributed by atoms with Crippen LogP contribution in [0.3, 0.4) is 0 Å². The van der Waals surface area contributed by atoms with Crippen LogP contribution in [-0.4, -0.2) is 74.2 Å². The van der Waals surface area contributed by atoms with Crippen molar-refractivity contribution >= 4 is 11.6 Å². The van der Waals surface area contributed by atoms with Crippen molar-refractivity contribution in [3.8, 4) is 0 Å². The van der Waals surface area contributed by atoms with Crippen molar-refractivity contribution < 1.29 is 9.90 Å². The van der Waals surface area contributed by atoms with E-state index in [1.807, 2.05) is 11.1 Å². The van der Waals surface area contributed by atoms with Crippen LogP contribution in [0, 0.1) is 11.8 Å². The number of carbonyl (C=O) groups is 1. The highest BCUT2D eigenvalue weighted by Gasteiger charge is 2.34. The lowest BCUT2D eigenvalue weighted by Crippen LogP contribution is -2.46. The molecule has 0 unspecified atom stereocenters. The van der Waals surface area contributed by atoms with Gasteiger partial charge < -0.3 is 10.0 Å². The van der Waals surface area contributed by atoms with Crippen molar-refractivity contribution in [2.45, 2.75) is 45.6 Å². The van der Waals surface area contributed by atoms with Gasteiger partial charge in [0.05, 0.1) is 6.20 Å². The molecule has 0 radical (unpaired) electrons. The summed E-state index contributed by atoms with van der Waals surface area (Å²) in [5.41, 5.74) is 2.06. The fourth-order valence-electron chi connectivity index (χ4n) is 4.23. The highest BCUT2D eigenvalue weighted by molar-refractivity contribution is 5.99. The van der Waals surface area contributed by atoms with Crippen LogP contribution in [0.1, 0.15) is 49.0 Å². The van der Waals surface area contributed by atoms with E-state index in [0.29, 0.717) is 29.6 Å². The van der Waals surface area contributed by atoms with E-state index in [-0.39, 0.29) is 12.5 Å². The van der Waals surface area contributed by atoms with Gasteiger partial charge in [-0.25, -0.2) is 9.50 Å². The second kappa shape index (κ2) is 8.17. The Morgan fingerprint density at radius 2 is 2.11 bits per heavy atom. The minimum absolute atomic E-state index is 0.0244. The van der Waals surface area contributed by atoms with E-state index in [2.05, 4.69) is 28.8 Å². The Morgan fingerprint density at radius 1 is 1.29 bits per heavy atom. The summed E-state index contributed by atoms with van der Waals surface area (Å²) < 4.78 is 1.65. The molecule has 2 aromatic heterocycles. The third-order valence-electron chi connectivity index (χ3n) is 6.04. The van der Waals surface area contributed by atoms with Crippen LogP contribution in [-0.2, 0) is 6.42 Å². The average molecular weight is 386 g/mol. The van der Waals surface area contributed by atoms with E-state index < -0.39 is 0 Å². The van der Waals surface area contributed by atoms with Crippen LogP contribution >= 0.6 is 0 Å². The van der Waals surface area contributed by atoms with Gasteiger partial charge in [-0.3, -0.25) is 9.69 Å². The van der Waals surface area contributed by atoms with Crippen LogP contribution < -0.4 is 0 Å². The molecule has 1 saturated heterocycles. The summed E-state index contributed by atoms with van der Waals surface area (Å²) in [4.78, 5) is 22.4. The van der Waals surface area contributed by atoms with E-state index in [4.69, 9.17) is 5.11 Å². The molecular formula is C21H31N5O2. The van der Waals surface area contributed by atoms with Crippen LogP contribution in [0.2, 0.25) is 0 Å². The zero-order valence-electron chi connectivity index (χ0n) is 16.9. The minimum Gasteiger partial charge on any atom is -0.396 e. The molecule has 7 heteroatoms. The van der Waals surface area contributed by atoms with Gasteiger partial charge in [0.25, 0.3) is 5.91 Å². The predicted octanol–water partition coefficient (Wildman–Crippen LogP) is 1.85. The van der Waals surface area contributed by atoms with Crippen molar-refractivity contribution in [1.82, 2.24) is 24.4 Å². The highest BCUT2D eigenvalue weighted by Crippen LogP contribution is 2.32. The molecule has 152 valence electrons. The maximum Gasteiger partial charge on any atom is 0.259 e. The number of rotatable bonds is 6. The van der Waals surface area contributed by atoms with E-state index in [0.717, 1.165) is 37.5 Å². The van der Waals surface area contributed by atoms with Crippen molar-refractivity contribution in [2.75, 3.05) is 32.8 Å². The topological polar surface area (TPSA) is 74.0 Å². The predicted molar refractivity (Wildman–Crippen MR) is 107 cm³/mol. The lowest BCUT2D eigenvalue weighted by atomic mass is 10.0. The van der Waals surface area contributed by atoms with Gasteiger partial charge >= 0.3 is 0 Å². The van der Waals surface area contributed by atoms with Crippen molar-refractivity contribution in [1.29, 1.82) is 0 Å². The van der Waals surface area contributed by atoms with E-state index in [1.165, 1.54) is 19.4 Å². The molecule has 28 heavy (non-hydrogen) atoms. The van der Waals surface area contributed by atoms with Crippen molar-refractivity contribution in [2.24, 2.45) is 11.8 Å². The molecule has 7 nitrogen and oxygen atoms in total. The van der Waals surface area contributed by atoms with Gasteiger partial charge in [-0.15, -0.1) is 0 Å². The quantitative estimate of drug-likeness (QED) is 0.821. The fraction of sp³-hybridized carbons (Fsp3) is 0.667. The molecule has 0 spiro atoms. The molecule has 2 aromatic rings. The van der Waals surface area contributed by atoms with Crippen LogP contribution in [0.25, 0.3) is 5.65 Å². The number of amides is 1. The Bertz CT molecular complexity index is 829. The van der Waals surface area contributed by atoms with Gasteiger partial charge in [-0.1, -0.05) is 13.8 Å². The number of hydrogen-bond acceptors (Lipinski definition) is 5. The molecule has 1 amide bonds. The molecule has 2 aliphatic rings. The van der Waals surface area contributed by atoms with Gasteiger partial charge in [0.2, 0.25) is 0 Å². The highest BCUT2D eigenvalue weighted by atomic mass is 16.3. The summed E-state index contributed by atoms with van der Waals surface area (Å²) >= 11 is 0. The zero-order chi connectivity index (χ0) is 19.7. The average Bonchev–Trinajstić information content (AvgIpc) is 3.43. The number of aliphatic hydroxyl groups is 1. The Morgan fingerprint density at radius 3 is 2.82 bits per heavy atom. The summed E-state index contributed by atoms with van der Waals surface area (Å²) in [5, 5.41) is 13.4. The first-order chi connectivity index (χ1) is 13.6. The van der Waals surface area contributed by atoms with Crippen LogP contribution in [0.5, 0.6) is 0 Å². The van der Waals surface area contributed by atoms with Gasteiger partial charge in [0, 0.05) is 51.2 Å². The van der Waals surface area contributed by atoms with Crippen LogP contribution in [0.15, 0.2) is 18.6 Å². The Hall–Kier alpha value is -1.99. The first-order valence-corrected chi connectivity index (χ1v) is 10.5. The Balaban J connectivity index is 1.54. The molecule has 2 fully saturated rings. The molecular weight excluding hydrogens is 354 g/mol. The lowest BCUT2D eigenvalue weighted by Gasteiger charge is -2.34. The van der Waals surface area contributed by atoms with Crippen molar-refractivity contribution in [3.63, 3.8) is 0 Å². The van der Waals surface area contributed by atoms with Crippen LogP contribution in [0.4, 0.5) is 0 Å². The number of hydrogen-bond donors (Lipinski definition) is 1. The maximum atomic E-state index is 13.3. The first-order valence-electron chi connectivity index (χ1n) is 10.5. The Kier molecular flexibility index (Phi) is 5.64. The zero-order valence-corrected chi connectivity index (χ0v) is 16.9. The van der Waals surface area contributed by atoms with Gasteiger partial charge in [0.15, 0.2) is 5.65 Å². The summed E-state index contributed by atoms with van der Waals surface area (Å²) in [6, 6.07) is 0.401. The minimum atomic E-state index is 0.0244. The number of aromatic nitrogens is 3.